The fraction of sp³-hybridized carbons (Fsp3) is 0.500. The van der Waals surface area contributed by atoms with Gasteiger partial charge in [0.25, 0.3) is 0 Å². The maximum absolute atomic E-state index is 11.3. The molecule has 0 saturated heterocycles. The van der Waals surface area contributed by atoms with E-state index in [1.165, 1.54) is 0 Å². The molecular weight excluding hydrogens is 202 g/mol. The van der Waals surface area contributed by atoms with Crippen molar-refractivity contribution in [3.63, 3.8) is 0 Å². The Morgan fingerprint density at radius 1 is 1.44 bits per heavy atom. The van der Waals surface area contributed by atoms with Gasteiger partial charge in [-0.25, -0.2) is 0 Å². The molecule has 0 saturated carbocycles. The van der Waals surface area contributed by atoms with Gasteiger partial charge in [-0.15, -0.1) is 0 Å². The Morgan fingerprint density at radius 2 is 2.25 bits per heavy atom. The summed E-state index contributed by atoms with van der Waals surface area (Å²) in [6.45, 7) is 5.81. The van der Waals surface area contributed by atoms with E-state index in [2.05, 4.69) is 21.7 Å². The number of carbonyl (C=O) groups is 1. The number of nitrogens with zero attached hydrogens (tertiary/aromatic N) is 1. The van der Waals surface area contributed by atoms with Crippen molar-refractivity contribution in [1.82, 2.24) is 15.6 Å². The predicted octanol–water partition coefficient (Wildman–Crippen LogP) is 1.01. The highest BCUT2D eigenvalue weighted by Gasteiger charge is 1.99. The first-order valence-corrected chi connectivity index (χ1v) is 5.60. The minimum Gasteiger partial charge on any atom is -0.355 e. The summed E-state index contributed by atoms with van der Waals surface area (Å²) in [4.78, 5) is 15.4. The highest BCUT2D eigenvalue weighted by molar-refractivity contribution is 5.77. The Labute approximate surface area is 96.5 Å². The third-order valence-corrected chi connectivity index (χ3v) is 2.12. The molecule has 0 radical (unpaired) electrons. The van der Waals surface area contributed by atoms with E-state index in [0.29, 0.717) is 13.1 Å². The second-order valence-electron chi connectivity index (χ2n) is 3.82. The average molecular weight is 221 g/mol. The molecule has 16 heavy (non-hydrogen) atoms. The summed E-state index contributed by atoms with van der Waals surface area (Å²) in [5.41, 5.74) is 2.23. The van der Waals surface area contributed by atoms with Crippen LogP contribution in [-0.2, 0) is 11.3 Å². The van der Waals surface area contributed by atoms with Crippen molar-refractivity contribution >= 4 is 5.91 Å². The van der Waals surface area contributed by atoms with Gasteiger partial charge >= 0.3 is 0 Å². The van der Waals surface area contributed by atoms with Gasteiger partial charge in [-0.3, -0.25) is 9.78 Å². The number of nitrogens with one attached hydrogen (secondary N) is 2. The molecule has 88 valence electrons. The SMILES string of the molecule is CCCNC(=O)CNCc1cncc(C)c1. The largest absolute Gasteiger partial charge is 0.355 e. The van der Waals surface area contributed by atoms with Gasteiger partial charge in [0.2, 0.25) is 5.91 Å². The van der Waals surface area contributed by atoms with E-state index in [-0.39, 0.29) is 5.91 Å². The van der Waals surface area contributed by atoms with Crippen LogP contribution in [0.1, 0.15) is 24.5 Å². The fourth-order valence-electron chi connectivity index (χ4n) is 1.36. The number of aromatic nitrogens is 1. The molecule has 2 N–H and O–H groups in total. The van der Waals surface area contributed by atoms with Gasteiger partial charge in [-0.2, -0.15) is 0 Å². The van der Waals surface area contributed by atoms with Crippen molar-refractivity contribution in [2.45, 2.75) is 26.8 Å². The van der Waals surface area contributed by atoms with Gasteiger partial charge in [0.1, 0.15) is 0 Å². The summed E-state index contributed by atoms with van der Waals surface area (Å²) >= 11 is 0. The molecule has 1 rings (SSSR count). The number of amides is 1. The van der Waals surface area contributed by atoms with Crippen LogP contribution < -0.4 is 10.6 Å². The molecule has 4 heteroatoms. The Balaban J connectivity index is 2.22. The first-order valence-electron chi connectivity index (χ1n) is 5.60. The van der Waals surface area contributed by atoms with Gasteiger partial charge in [0.05, 0.1) is 6.54 Å². The summed E-state index contributed by atoms with van der Waals surface area (Å²) < 4.78 is 0. The Kier molecular flexibility index (Phi) is 5.50. The molecule has 0 aliphatic carbocycles. The van der Waals surface area contributed by atoms with Crippen LogP contribution >= 0.6 is 0 Å². The van der Waals surface area contributed by atoms with Crippen molar-refractivity contribution in [2.24, 2.45) is 0 Å². The van der Waals surface area contributed by atoms with Crippen molar-refractivity contribution in [2.75, 3.05) is 13.1 Å². The van der Waals surface area contributed by atoms with Crippen LogP contribution in [0.4, 0.5) is 0 Å². The van der Waals surface area contributed by atoms with E-state index in [1.54, 1.807) is 0 Å². The summed E-state index contributed by atoms with van der Waals surface area (Å²) in [6, 6.07) is 2.06. The van der Waals surface area contributed by atoms with E-state index in [0.717, 1.165) is 24.1 Å². The van der Waals surface area contributed by atoms with Crippen LogP contribution in [0.15, 0.2) is 18.5 Å². The number of carbonyl (C=O) groups excluding carboxylic acids is 1. The topological polar surface area (TPSA) is 54.0 Å². The van der Waals surface area contributed by atoms with E-state index >= 15 is 0 Å². The minimum absolute atomic E-state index is 0.0439. The normalized spacial score (nSPS) is 10.1. The second kappa shape index (κ2) is 6.95. The molecule has 1 amide bonds. The molecule has 0 unspecified atom stereocenters. The fourth-order valence-corrected chi connectivity index (χ4v) is 1.36. The standard InChI is InChI=1S/C12H19N3O/c1-3-4-15-12(16)9-14-8-11-5-10(2)6-13-7-11/h5-7,14H,3-4,8-9H2,1-2H3,(H,15,16). The number of rotatable bonds is 6. The van der Waals surface area contributed by atoms with E-state index < -0.39 is 0 Å². The Bertz CT molecular complexity index is 339. The zero-order valence-electron chi connectivity index (χ0n) is 9.92. The van der Waals surface area contributed by atoms with Crippen LogP contribution in [0.25, 0.3) is 0 Å². The van der Waals surface area contributed by atoms with Crippen LogP contribution in [0.5, 0.6) is 0 Å². The summed E-state index contributed by atoms with van der Waals surface area (Å²) in [5, 5.41) is 5.90. The minimum atomic E-state index is 0.0439. The summed E-state index contributed by atoms with van der Waals surface area (Å²) in [7, 11) is 0. The molecule has 0 aliphatic heterocycles. The third-order valence-electron chi connectivity index (χ3n) is 2.12. The molecule has 1 aromatic heterocycles. The molecule has 1 heterocycles. The lowest BCUT2D eigenvalue weighted by Crippen LogP contribution is -2.33. The van der Waals surface area contributed by atoms with Gasteiger partial charge in [0.15, 0.2) is 0 Å². The van der Waals surface area contributed by atoms with Crippen molar-refractivity contribution in [1.29, 1.82) is 0 Å². The van der Waals surface area contributed by atoms with Crippen LogP contribution in [0.2, 0.25) is 0 Å². The van der Waals surface area contributed by atoms with Crippen LogP contribution in [0.3, 0.4) is 0 Å². The third kappa shape index (κ3) is 4.89. The Hall–Kier alpha value is -1.42. The molecule has 1 aromatic rings. The number of pyridine rings is 1. The molecule has 0 bridgehead atoms. The maximum Gasteiger partial charge on any atom is 0.233 e. The van der Waals surface area contributed by atoms with Gasteiger partial charge in [-0.1, -0.05) is 13.0 Å². The number of hydrogen-bond acceptors (Lipinski definition) is 3. The quantitative estimate of drug-likeness (QED) is 0.753. The Morgan fingerprint density at radius 3 is 2.94 bits per heavy atom. The van der Waals surface area contributed by atoms with Gasteiger partial charge in [-0.05, 0) is 24.5 Å². The van der Waals surface area contributed by atoms with Gasteiger partial charge < -0.3 is 10.6 Å². The molecule has 0 spiro atoms. The van der Waals surface area contributed by atoms with E-state index in [4.69, 9.17) is 0 Å². The van der Waals surface area contributed by atoms with Crippen molar-refractivity contribution < 1.29 is 4.79 Å². The van der Waals surface area contributed by atoms with Crippen LogP contribution in [-0.4, -0.2) is 24.0 Å². The monoisotopic (exact) mass is 221 g/mol. The summed E-state index contributed by atoms with van der Waals surface area (Å²) in [5.74, 6) is 0.0439. The van der Waals surface area contributed by atoms with E-state index in [9.17, 15) is 4.79 Å². The molecule has 0 atom stereocenters. The second-order valence-corrected chi connectivity index (χ2v) is 3.82. The van der Waals surface area contributed by atoms with Crippen molar-refractivity contribution in [3.05, 3.63) is 29.6 Å². The smallest absolute Gasteiger partial charge is 0.233 e. The molecular formula is C12H19N3O. The predicted molar refractivity (Wildman–Crippen MR) is 64.0 cm³/mol. The zero-order valence-corrected chi connectivity index (χ0v) is 9.92. The first-order chi connectivity index (χ1) is 7.72. The van der Waals surface area contributed by atoms with E-state index in [1.807, 2.05) is 26.2 Å². The lowest BCUT2D eigenvalue weighted by molar-refractivity contribution is -0.120. The molecule has 0 aliphatic rings. The van der Waals surface area contributed by atoms with Gasteiger partial charge in [0, 0.05) is 25.5 Å². The first kappa shape index (κ1) is 12.6. The number of aryl methyl sites for hydroxylation is 1. The molecule has 0 fully saturated rings. The molecule has 0 aromatic carbocycles. The highest BCUT2D eigenvalue weighted by atomic mass is 16.1. The van der Waals surface area contributed by atoms with Crippen LogP contribution in [0, 0.1) is 6.92 Å². The average Bonchev–Trinajstić information content (AvgIpc) is 2.26. The van der Waals surface area contributed by atoms with Crippen molar-refractivity contribution in [3.8, 4) is 0 Å². The lowest BCUT2D eigenvalue weighted by atomic mass is 10.2. The maximum atomic E-state index is 11.3. The number of hydrogen-bond donors (Lipinski definition) is 2. The highest BCUT2D eigenvalue weighted by Crippen LogP contribution is 1.99. The summed E-state index contributed by atoms with van der Waals surface area (Å²) in [6.07, 6.45) is 4.59. The molecule has 4 nitrogen and oxygen atoms in total. The zero-order chi connectivity index (χ0) is 11.8. The lowest BCUT2D eigenvalue weighted by Gasteiger charge is -2.06.